The maximum atomic E-state index is 12.8. The monoisotopic (exact) mass is 371 g/mol. The number of halogens is 1. The van der Waals surface area contributed by atoms with E-state index in [9.17, 15) is 4.39 Å². The van der Waals surface area contributed by atoms with Gasteiger partial charge in [0.25, 0.3) is 0 Å². The van der Waals surface area contributed by atoms with Crippen LogP contribution in [0.3, 0.4) is 0 Å². The standard InChI is InChI=1S/C18H30FN3O2S/c1-20-18(21-10-3-4-12-24-14-13-23-2)22-11-5-15-25-17-8-6-16(19)7-9-17/h6-9H,3-5,10-15H2,1-2H3,(H2,20,21,22). The first-order chi connectivity index (χ1) is 12.3. The molecule has 0 atom stereocenters. The first-order valence-electron chi connectivity index (χ1n) is 8.66. The second-order valence-corrected chi connectivity index (χ2v) is 6.56. The minimum atomic E-state index is -0.192. The van der Waals surface area contributed by atoms with Crippen molar-refractivity contribution in [1.29, 1.82) is 0 Å². The molecule has 1 aromatic rings. The van der Waals surface area contributed by atoms with Gasteiger partial charge in [-0.15, -0.1) is 11.8 Å². The van der Waals surface area contributed by atoms with Crippen LogP contribution in [0.25, 0.3) is 0 Å². The van der Waals surface area contributed by atoms with Crippen LogP contribution < -0.4 is 10.6 Å². The normalized spacial score (nSPS) is 11.6. The van der Waals surface area contributed by atoms with Crippen LogP contribution in [0.15, 0.2) is 34.2 Å². The number of ether oxygens (including phenoxy) is 2. The molecule has 0 heterocycles. The fraction of sp³-hybridized carbons (Fsp3) is 0.611. The molecule has 0 saturated carbocycles. The minimum absolute atomic E-state index is 0.192. The number of rotatable bonds is 13. The van der Waals surface area contributed by atoms with Crippen molar-refractivity contribution in [3.05, 3.63) is 30.1 Å². The van der Waals surface area contributed by atoms with E-state index >= 15 is 0 Å². The lowest BCUT2D eigenvalue weighted by Crippen LogP contribution is -2.38. The Hall–Kier alpha value is -1.31. The van der Waals surface area contributed by atoms with E-state index in [1.54, 1.807) is 25.9 Å². The van der Waals surface area contributed by atoms with Crippen molar-refractivity contribution in [3.8, 4) is 0 Å². The Labute approximate surface area is 154 Å². The van der Waals surface area contributed by atoms with Gasteiger partial charge >= 0.3 is 0 Å². The van der Waals surface area contributed by atoms with Gasteiger partial charge in [-0.3, -0.25) is 4.99 Å². The van der Waals surface area contributed by atoms with Crippen LogP contribution >= 0.6 is 11.8 Å². The molecule has 0 radical (unpaired) electrons. The summed E-state index contributed by atoms with van der Waals surface area (Å²) in [6.45, 7) is 3.79. The molecule has 0 unspecified atom stereocenters. The van der Waals surface area contributed by atoms with Gasteiger partial charge < -0.3 is 20.1 Å². The van der Waals surface area contributed by atoms with Crippen molar-refractivity contribution < 1.29 is 13.9 Å². The highest BCUT2D eigenvalue weighted by Gasteiger charge is 1.98. The van der Waals surface area contributed by atoms with Crippen molar-refractivity contribution >= 4 is 17.7 Å². The largest absolute Gasteiger partial charge is 0.382 e. The lowest BCUT2D eigenvalue weighted by atomic mass is 10.3. The summed E-state index contributed by atoms with van der Waals surface area (Å²) in [5.41, 5.74) is 0. The van der Waals surface area contributed by atoms with Crippen LogP contribution in [0, 0.1) is 5.82 Å². The molecule has 7 heteroatoms. The van der Waals surface area contributed by atoms with E-state index in [-0.39, 0.29) is 5.82 Å². The van der Waals surface area contributed by atoms with E-state index in [1.807, 2.05) is 12.1 Å². The lowest BCUT2D eigenvalue weighted by Gasteiger charge is -2.11. The maximum Gasteiger partial charge on any atom is 0.190 e. The Kier molecular flexibility index (Phi) is 13.0. The minimum Gasteiger partial charge on any atom is -0.382 e. The highest BCUT2D eigenvalue weighted by molar-refractivity contribution is 7.99. The number of methoxy groups -OCH3 is 1. The molecule has 0 fully saturated rings. The van der Waals surface area contributed by atoms with Crippen LogP contribution in [-0.2, 0) is 9.47 Å². The zero-order valence-electron chi connectivity index (χ0n) is 15.2. The SMILES string of the molecule is CN=C(NCCCCOCCOC)NCCCSc1ccc(F)cc1. The number of unbranched alkanes of at least 4 members (excludes halogenated alkanes) is 1. The Morgan fingerprint density at radius 2 is 1.76 bits per heavy atom. The lowest BCUT2D eigenvalue weighted by molar-refractivity contribution is 0.0689. The molecule has 0 amide bonds. The molecule has 0 saturated heterocycles. The summed E-state index contributed by atoms with van der Waals surface area (Å²) >= 11 is 1.73. The third-order valence-corrected chi connectivity index (χ3v) is 4.46. The quantitative estimate of drug-likeness (QED) is 0.242. The highest BCUT2D eigenvalue weighted by Crippen LogP contribution is 2.18. The van der Waals surface area contributed by atoms with E-state index in [0.29, 0.717) is 13.2 Å². The summed E-state index contributed by atoms with van der Waals surface area (Å²) < 4.78 is 23.2. The molecule has 0 aliphatic carbocycles. The number of aliphatic imine (C=N–C) groups is 1. The molecule has 2 N–H and O–H groups in total. The molecule has 0 aromatic heterocycles. The van der Waals surface area contributed by atoms with Crippen molar-refractivity contribution in [1.82, 2.24) is 10.6 Å². The van der Waals surface area contributed by atoms with Crippen LogP contribution in [-0.4, -0.2) is 58.8 Å². The van der Waals surface area contributed by atoms with Gasteiger partial charge in [-0.1, -0.05) is 0 Å². The molecular weight excluding hydrogens is 341 g/mol. The zero-order chi connectivity index (χ0) is 18.2. The number of nitrogens with zero attached hydrogens (tertiary/aromatic N) is 1. The summed E-state index contributed by atoms with van der Waals surface area (Å²) in [6.07, 6.45) is 3.06. The topological polar surface area (TPSA) is 54.9 Å². The first-order valence-corrected chi connectivity index (χ1v) is 9.64. The molecule has 0 bridgehead atoms. The first kappa shape index (κ1) is 21.7. The van der Waals surface area contributed by atoms with E-state index in [2.05, 4.69) is 15.6 Å². The summed E-state index contributed by atoms with van der Waals surface area (Å²) in [5, 5.41) is 6.60. The summed E-state index contributed by atoms with van der Waals surface area (Å²) in [7, 11) is 3.45. The van der Waals surface area contributed by atoms with Gasteiger partial charge in [0.1, 0.15) is 5.82 Å². The number of benzene rings is 1. The van der Waals surface area contributed by atoms with Crippen LogP contribution in [0.1, 0.15) is 19.3 Å². The van der Waals surface area contributed by atoms with Crippen LogP contribution in [0.2, 0.25) is 0 Å². The van der Waals surface area contributed by atoms with Gasteiger partial charge in [-0.05, 0) is 49.3 Å². The molecule has 1 aromatic carbocycles. The molecule has 25 heavy (non-hydrogen) atoms. The third kappa shape index (κ3) is 11.8. The third-order valence-electron chi connectivity index (χ3n) is 3.36. The van der Waals surface area contributed by atoms with Gasteiger partial charge in [-0.2, -0.15) is 0 Å². The maximum absolute atomic E-state index is 12.8. The zero-order valence-corrected chi connectivity index (χ0v) is 16.0. The van der Waals surface area contributed by atoms with E-state index < -0.39 is 0 Å². The van der Waals surface area contributed by atoms with Gasteiger partial charge in [0.2, 0.25) is 0 Å². The Morgan fingerprint density at radius 1 is 1.04 bits per heavy atom. The fourth-order valence-electron chi connectivity index (χ4n) is 2.00. The number of thioether (sulfide) groups is 1. The van der Waals surface area contributed by atoms with E-state index in [0.717, 1.165) is 55.6 Å². The molecule has 1 rings (SSSR count). The second kappa shape index (κ2) is 15.0. The molecular formula is C18H30FN3O2S. The number of hydrogen-bond acceptors (Lipinski definition) is 4. The Bertz CT molecular complexity index is 472. The van der Waals surface area contributed by atoms with Gasteiger partial charge in [0.05, 0.1) is 13.2 Å². The fourth-order valence-corrected chi connectivity index (χ4v) is 2.85. The Balaban J connectivity index is 1.98. The molecule has 142 valence electrons. The smallest absolute Gasteiger partial charge is 0.190 e. The molecule has 5 nitrogen and oxygen atoms in total. The van der Waals surface area contributed by atoms with Crippen molar-refractivity contribution in [2.75, 3.05) is 52.8 Å². The predicted octanol–water partition coefficient (Wildman–Crippen LogP) is 2.92. The second-order valence-electron chi connectivity index (χ2n) is 5.39. The highest BCUT2D eigenvalue weighted by atomic mass is 32.2. The van der Waals surface area contributed by atoms with Gasteiger partial charge in [0.15, 0.2) is 5.96 Å². The van der Waals surface area contributed by atoms with Crippen molar-refractivity contribution in [2.24, 2.45) is 4.99 Å². The average Bonchev–Trinajstić information content (AvgIpc) is 2.63. The van der Waals surface area contributed by atoms with Crippen LogP contribution in [0.5, 0.6) is 0 Å². The predicted molar refractivity (Wildman–Crippen MR) is 103 cm³/mol. The van der Waals surface area contributed by atoms with Crippen molar-refractivity contribution in [2.45, 2.75) is 24.2 Å². The number of guanidine groups is 1. The molecule has 0 aliphatic heterocycles. The average molecular weight is 372 g/mol. The summed E-state index contributed by atoms with van der Waals surface area (Å²) in [4.78, 5) is 5.30. The van der Waals surface area contributed by atoms with Gasteiger partial charge in [-0.25, -0.2) is 4.39 Å². The number of nitrogens with one attached hydrogen (secondary N) is 2. The van der Waals surface area contributed by atoms with Crippen LogP contribution in [0.4, 0.5) is 4.39 Å². The van der Waals surface area contributed by atoms with E-state index in [4.69, 9.17) is 9.47 Å². The van der Waals surface area contributed by atoms with Gasteiger partial charge in [0, 0.05) is 38.7 Å². The summed E-state index contributed by atoms with van der Waals surface area (Å²) in [5.74, 6) is 1.61. The van der Waals surface area contributed by atoms with Crippen molar-refractivity contribution in [3.63, 3.8) is 0 Å². The molecule has 0 aliphatic rings. The van der Waals surface area contributed by atoms with E-state index in [1.165, 1.54) is 12.1 Å². The Morgan fingerprint density at radius 3 is 2.44 bits per heavy atom. The number of hydrogen-bond donors (Lipinski definition) is 2. The molecule has 0 spiro atoms. The summed E-state index contributed by atoms with van der Waals surface area (Å²) in [6, 6.07) is 6.61.